The van der Waals surface area contributed by atoms with Crippen LogP contribution in [0.15, 0.2) is 34.9 Å². The van der Waals surface area contributed by atoms with E-state index >= 15 is 0 Å². The summed E-state index contributed by atoms with van der Waals surface area (Å²) in [7, 11) is 0. The number of rotatable bonds is 1. The first-order chi connectivity index (χ1) is 6.29. The Labute approximate surface area is 89.1 Å². The molecule has 66 valence electrons. The zero-order chi connectivity index (χ0) is 9.26. The van der Waals surface area contributed by atoms with E-state index in [1.165, 1.54) is 0 Å². The summed E-state index contributed by atoms with van der Waals surface area (Å²) in [4.78, 5) is 0. The second-order valence-electron chi connectivity index (χ2n) is 2.57. The van der Waals surface area contributed by atoms with Crippen LogP contribution in [0, 0.1) is 0 Å². The minimum Gasteiger partial charge on any atom is -0.276 e. The highest BCUT2D eigenvalue weighted by molar-refractivity contribution is 9.10. The average Bonchev–Trinajstić information content (AvgIpc) is 2.52. The van der Waals surface area contributed by atoms with Gasteiger partial charge in [-0.25, -0.2) is 0 Å². The summed E-state index contributed by atoms with van der Waals surface area (Å²) in [6, 6.07) is 7.85. The van der Waals surface area contributed by atoms with Crippen molar-refractivity contribution >= 4 is 27.5 Å². The third-order valence-electron chi connectivity index (χ3n) is 1.74. The number of nitrogens with one attached hydrogen (secondary N) is 1. The number of hydrogen-bond acceptors (Lipinski definition) is 1. The zero-order valence-corrected chi connectivity index (χ0v) is 8.93. The molecule has 0 amide bonds. The van der Waals surface area contributed by atoms with Crippen LogP contribution in [0.5, 0.6) is 0 Å². The molecule has 2 aromatic rings. The summed E-state index contributed by atoms with van der Waals surface area (Å²) < 4.78 is 1.00. The van der Waals surface area contributed by atoms with Gasteiger partial charge in [-0.2, -0.15) is 5.10 Å². The molecule has 13 heavy (non-hydrogen) atoms. The molecule has 0 unspecified atom stereocenters. The highest BCUT2D eigenvalue weighted by Crippen LogP contribution is 2.30. The topological polar surface area (TPSA) is 28.7 Å². The van der Waals surface area contributed by atoms with E-state index in [9.17, 15) is 0 Å². The summed E-state index contributed by atoms with van der Waals surface area (Å²) in [5.41, 5.74) is 1.86. The van der Waals surface area contributed by atoms with E-state index in [0.29, 0.717) is 5.02 Å². The maximum absolute atomic E-state index is 5.93. The Kier molecular flexibility index (Phi) is 2.38. The van der Waals surface area contributed by atoms with E-state index < -0.39 is 0 Å². The largest absolute Gasteiger partial charge is 0.276 e. The maximum Gasteiger partial charge on any atom is 0.0863 e. The van der Waals surface area contributed by atoms with E-state index in [4.69, 9.17) is 11.6 Å². The number of hydrogen-bond donors (Lipinski definition) is 1. The van der Waals surface area contributed by atoms with Crippen molar-refractivity contribution in [3.63, 3.8) is 0 Å². The van der Waals surface area contributed by atoms with E-state index in [2.05, 4.69) is 26.1 Å². The molecule has 0 bridgehead atoms. The first kappa shape index (κ1) is 8.78. The zero-order valence-electron chi connectivity index (χ0n) is 6.59. The SMILES string of the molecule is Clc1cn[nH]c1-c1ccccc1Br. The molecule has 0 aliphatic rings. The van der Waals surface area contributed by atoms with Gasteiger partial charge in [-0.15, -0.1) is 0 Å². The molecule has 2 rings (SSSR count). The first-order valence-corrected chi connectivity index (χ1v) is 4.90. The lowest BCUT2D eigenvalue weighted by atomic mass is 10.2. The van der Waals surface area contributed by atoms with Gasteiger partial charge in [0, 0.05) is 10.0 Å². The van der Waals surface area contributed by atoms with Crippen LogP contribution in [0.3, 0.4) is 0 Å². The number of aromatic nitrogens is 2. The van der Waals surface area contributed by atoms with Crippen LogP contribution in [0.4, 0.5) is 0 Å². The van der Waals surface area contributed by atoms with Crippen molar-refractivity contribution in [2.75, 3.05) is 0 Å². The van der Waals surface area contributed by atoms with Gasteiger partial charge < -0.3 is 0 Å². The molecule has 1 heterocycles. The Morgan fingerprint density at radius 3 is 2.69 bits per heavy atom. The fraction of sp³-hybridized carbons (Fsp3) is 0. The van der Waals surface area contributed by atoms with Crippen molar-refractivity contribution < 1.29 is 0 Å². The lowest BCUT2D eigenvalue weighted by Crippen LogP contribution is -1.80. The van der Waals surface area contributed by atoms with E-state index in [1.807, 2.05) is 24.3 Å². The molecule has 1 aromatic heterocycles. The maximum atomic E-state index is 5.93. The normalized spacial score (nSPS) is 10.3. The molecule has 2 nitrogen and oxygen atoms in total. The van der Waals surface area contributed by atoms with Crippen LogP contribution in [0.1, 0.15) is 0 Å². The second-order valence-corrected chi connectivity index (χ2v) is 3.83. The van der Waals surface area contributed by atoms with E-state index in [-0.39, 0.29) is 0 Å². The van der Waals surface area contributed by atoms with Gasteiger partial charge in [0.05, 0.1) is 16.9 Å². The number of halogens is 2. The Morgan fingerprint density at radius 1 is 1.31 bits per heavy atom. The summed E-state index contributed by atoms with van der Waals surface area (Å²) in [5.74, 6) is 0. The van der Waals surface area contributed by atoms with Crippen LogP contribution in [0.25, 0.3) is 11.3 Å². The van der Waals surface area contributed by atoms with Gasteiger partial charge in [0.25, 0.3) is 0 Å². The van der Waals surface area contributed by atoms with Crippen LogP contribution in [-0.4, -0.2) is 10.2 Å². The Balaban J connectivity index is 2.59. The smallest absolute Gasteiger partial charge is 0.0863 e. The highest BCUT2D eigenvalue weighted by Gasteiger charge is 2.07. The number of benzene rings is 1. The van der Waals surface area contributed by atoms with Crippen molar-refractivity contribution in [1.82, 2.24) is 10.2 Å². The second kappa shape index (κ2) is 3.52. The van der Waals surface area contributed by atoms with Crippen LogP contribution >= 0.6 is 27.5 Å². The van der Waals surface area contributed by atoms with Gasteiger partial charge in [0.15, 0.2) is 0 Å². The molecule has 0 saturated heterocycles. The van der Waals surface area contributed by atoms with Gasteiger partial charge in [-0.1, -0.05) is 45.7 Å². The molecule has 0 aliphatic heterocycles. The van der Waals surface area contributed by atoms with Crippen molar-refractivity contribution in [3.8, 4) is 11.3 Å². The van der Waals surface area contributed by atoms with Gasteiger partial charge in [0.2, 0.25) is 0 Å². The third kappa shape index (κ3) is 1.62. The lowest BCUT2D eigenvalue weighted by Gasteiger charge is -2.00. The Morgan fingerprint density at radius 2 is 2.08 bits per heavy atom. The fourth-order valence-corrected chi connectivity index (χ4v) is 1.80. The first-order valence-electron chi connectivity index (χ1n) is 3.73. The molecule has 4 heteroatoms. The van der Waals surface area contributed by atoms with Crippen molar-refractivity contribution in [1.29, 1.82) is 0 Å². The van der Waals surface area contributed by atoms with Gasteiger partial charge >= 0.3 is 0 Å². The molecule has 1 N–H and O–H groups in total. The van der Waals surface area contributed by atoms with Crippen molar-refractivity contribution in [2.45, 2.75) is 0 Å². The third-order valence-corrected chi connectivity index (χ3v) is 2.71. The molecule has 0 aliphatic carbocycles. The van der Waals surface area contributed by atoms with E-state index in [0.717, 1.165) is 15.7 Å². The summed E-state index contributed by atoms with van der Waals surface area (Å²) in [6.45, 7) is 0. The summed E-state index contributed by atoms with van der Waals surface area (Å²) in [6.07, 6.45) is 1.59. The van der Waals surface area contributed by atoms with Gasteiger partial charge in [-0.05, 0) is 6.07 Å². The van der Waals surface area contributed by atoms with Crippen LogP contribution in [-0.2, 0) is 0 Å². The van der Waals surface area contributed by atoms with Gasteiger partial charge in [-0.3, -0.25) is 5.10 Å². The predicted molar refractivity (Wildman–Crippen MR) is 56.7 cm³/mol. The Bertz CT molecular complexity index is 425. The number of nitrogens with zero attached hydrogens (tertiary/aromatic N) is 1. The van der Waals surface area contributed by atoms with Gasteiger partial charge in [0.1, 0.15) is 0 Å². The number of aromatic amines is 1. The average molecular weight is 258 g/mol. The van der Waals surface area contributed by atoms with Crippen molar-refractivity contribution in [2.24, 2.45) is 0 Å². The standard InChI is InChI=1S/C9H6BrClN2/c10-7-4-2-1-3-6(7)9-8(11)5-12-13-9/h1-5H,(H,12,13). The molecule has 0 atom stereocenters. The molecule has 0 radical (unpaired) electrons. The molecule has 0 fully saturated rings. The highest BCUT2D eigenvalue weighted by atomic mass is 79.9. The molecular weight excluding hydrogens is 251 g/mol. The fourth-order valence-electron chi connectivity index (χ4n) is 1.12. The molecule has 0 saturated carbocycles. The van der Waals surface area contributed by atoms with Crippen molar-refractivity contribution in [3.05, 3.63) is 40.0 Å². The molecular formula is C9H6BrClN2. The predicted octanol–water partition coefficient (Wildman–Crippen LogP) is 3.49. The molecule has 1 aromatic carbocycles. The molecule has 0 spiro atoms. The minimum atomic E-state index is 0.631. The quantitative estimate of drug-likeness (QED) is 0.832. The monoisotopic (exact) mass is 256 g/mol. The minimum absolute atomic E-state index is 0.631. The van der Waals surface area contributed by atoms with Crippen LogP contribution in [0.2, 0.25) is 5.02 Å². The Hall–Kier alpha value is -0.800. The summed E-state index contributed by atoms with van der Waals surface area (Å²) in [5, 5.41) is 7.34. The lowest BCUT2D eigenvalue weighted by molar-refractivity contribution is 1.09. The van der Waals surface area contributed by atoms with E-state index in [1.54, 1.807) is 6.20 Å². The summed E-state index contributed by atoms with van der Waals surface area (Å²) >= 11 is 9.38. The number of H-pyrrole nitrogens is 1. The van der Waals surface area contributed by atoms with Crippen LogP contribution < -0.4 is 0 Å².